The SMILES string of the molecule is CCOc1ccc(N(CC(=O)N(Cc2ccccc2C)C(Cc2ccccc2)C(=O)NC)S(C)(=O)=O)cc1. The summed E-state index contributed by atoms with van der Waals surface area (Å²) in [4.78, 5) is 28.5. The van der Waals surface area contributed by atoms with Crippen molar-refractivity contribution in [1.82, 2.24) is 10.2 Å². The molecule has 1 N–H and O–H groups in total. The molecule has 1 unspecified atom stereocenters. The third-order valence-electron chi connectivity index (χ3n) is 6.23. The number of likely N-dealkylation sites (N-methyl/N-ethyl adjacent to an activating group) is 1. The highest BCUT2D eigenvalue weighted by Gasteiger charge is 2.32. The third-order valence-corrected chi connectivity index (χ3v) is 7.37. The lowest BCUT2D eigenvalue weighted by Gasteiger charge is -2.33. The molecule has 3 aromatic carbocycles. The van der Waals surface area contributed by atoms with Crippen LogP contribution in [0.1, 0.15) is 23.6 Å². The molecule has 0 saturated carbocycles. The van der Waals surface area contributed by atoms with Crippen LogP contribution >= 0.6 is 0 Å². The van der Waals surface area contributed by atoms with Crippen molar-refractivity contribution in [2.24, 2.45) is 0 Å². The van der Waals surface area contributed by atoms with Crippen molar-refractivity contribution in [1.29, 1.82) is 0 Å². The number of hydrogen-bond donors (Lipinski definition) is 1. The van der Waals surface area contributed by atoms with E-state index < -0.39 is 28.5 Å². The largest absolute Gasteiger partial charge is 0.494 e. The van der Waals surface area contributed by atoms with Crippen LogP contribution in [0.15, 0.2) is 78.9 Å². The predicted octanol–water partition coefficient (Wildman–Crippen LogP) is 3.55. The Hall–Kier alpha value is -3.85. The Morgan fingerprint density at radius 1 is 0.947 bits per heavy atom. The first kappa shape index (κ1) is 28.7. The van der Waals surface area contributed by atoms with E-state index in [-0.39, 0.29) is 18.9 Å². The van der Waals surface area contributed by atoms with Gasteiger partial charge in [0.2, 0.25) is 21.8 Å². The summed E-state index contributed by atoms with van der Waals surface area (Å²) in [6.07, 6.45) is 1.34. The molecule has 0 heterocycles. The maximum absolute atomic E-state index is 13.9. The molecule has 0 aliphatic carbocycles. The van der Waals surface area contributed by atoms with Crippen molar-refractivity contribution in [3.05, 3.63) is 95.6 Å². The Morgan fingerprint density at radius 2 is 1.58 bits per heavy atom. The highest BCUT2D eigenvalue weighted by molar-refractivity contribution is 7.92. The number of ether oxygens (including phenoxy) is 1. The lowest BCUT2D eigenvalue weighted by atomic mass is 10.0. The summed E-state index contributed by atoms with van der Waals surface area (Å²) in [7, 11) is -2.29. The highest BCUT2D eigenvalue weighted by Crippen LogP contribution is 2.23. The molecule has 2 amide bonds. The number of amides is 2. The van der Waals surface area contributed by atoms with Gasteiger partial charge in [-0.2, -0.15) is 0 Å². The van der Waals surface area contributed by atoms with Crippen molar-refractivity contribution in [3.63, 3.8) is 0 Å². The second kappa shape index (κ2) is 13.1. The second-order valence-electron chi connectivity index (χ2n) is 8.96. The number of nitrogens with one attached hydrogen (secondary N) is 1. The molecule has 3 rings (SSSR count). The smallest absolute Gasteiger partial charge is 0.244 e. The first-order valence-electron chi connectivity index (χ1n) is 12.4. The molecule has 1 atom stereocenters. The Morgan fingerprint density at radius 3 is 2.16 bits per heavy atom. The summed E-state index contributed by atoms with van der Waals surface area (Å²) in [6, 6.07) is 22.7. The van der Waals surface area contributed by atoms with Gasteiger partial charge >= 0.3 is 0 Å². The highest BCUT2D eigenvalue weighted by atomic mass is 32.2. The molecule has 0 fully saturated rings. The summed E-state index contributed by atoms with van der Waals surface area (Å²) in [5.41, 5.74) is 3.05. The van der Waals surface area contributed by atoms with E-state index in [1.54, 1.807) is 24.3 Å². The van der Waals surface area contributed by atoms with Gasteiger partial charge in [0.25, 0.3) is 0 Å². The molecule has 38 heavy (non-hydrogen) atoms. The van der Waals surface area contributed by atoms with Crippen LogP contribution < -0.4 is 14.4 Å². The number of carbonyl (C=O) groups is 2. The first-order valence-corrected chi connectivity index (χ1v) is 14.3. The molecule has 0 spiro atoms. The minimum atomic E-state index is -3.82. The van der Waals surface area contributed by atoms with Crippen LogP contribution in [-0.2, 0) is 32.6 Å². The van der Waals surface area contributed by atoms with Crippen LogP contribution in [-0.4, -0.2) is 57.6 Å². The van der Waals surface area contributed by atoms with Crippen molar-refractivity contribution in [3.8, 4) is 5.75 Å². The maximum Gasteiger partial charge on any atom is 0.244 e. The molecule has 0 aliphatic heterocycles. The van der Waals surface area contributed by atoms with Gasteiger partial charge < -0.3 is 15.0 Å². The number of benzene rings is 3. The van der Waals surface area contributed by atoms with Crippen LogP contribution in [0.2, 0.25) is 0 Å². The maximum atomic E-state index is 13.9. The minimum Gasteiger partial charge on any atom is -0.494 e. The van der Waals surface area contributed by atoms with E-state index in [4.69, 9.17) is 4.74 Å². The van der Waals surface area contributed by atoms with Crippen LogP contribution in [0.3, 0.4) is 0 Å². The van der Waals surface area contributed by atoms with Crippen molar-refractivity contribution in [2.75, 3.05) is 30.8 Å². The van der Waals surface area contributed by atoms with E-state index in [0.29, 0.717) is 18.0 Å². The molecule has 0 aliphatic rings. The van der Waals surface area contributed by atoms with E-state index >= 15 is 0 Å². The van der Waals surface area contributed by atoms with Crippen molar-refractivity contribution in [2.45, 2.75) is 32.9 Å². The quantitative estimate of drug-likeness (QED) is 0.381. The Bertz CT molecular complexity index is 1330. The van der Waals surface area contributed by atoms with Gasteiger partial charge in [-0.1, -0.05) is 54.6 Å². The molecule has 9 heteroatoms. The summed E-state index contributed by atoms with van der Waals surface area (Å²) >= 11 is 0. The lowest BCUT2D eigenvalue weighted by Crippen LogP contribution is -2.53. The summed E-state index contributed by atoms with van der Waals surface area (Å²) < 4.78 is 32.1. The number of anilines is 1. The van der Waals surface area contributed by atoms with Gasteiger partial charge in [0.1, 0.15) is 18.3 Å². The molecular formula is C29H35N3O5S. The fourth-order valence-corrected chi connectivity index (χ4v) is 5.03. The third kappa shape index (κ3) is 7.58. The van der Waals surface area contributed by atoms with Crippen LogP contribution in [0.4, 0.5) is 5.69 Å². The normalized spacial score (nSPS) is 11.9. The lowest BCUT2D eigenvalue weighted by molar-refractivity contribution is -0.139. The van der Waals surface area contributed by atoms with Crippen molar-refractivity contribution >= 4 is 27.5 Å². The summed E-state index contributed by atoms with van der Waals surface area (Å²) in [5, 5.41) is 2.68. The predicted molar refractivity (Wildman–Crippen MR) is 150 cm³/mol. The molecule has 202 valence electrons. The van der Waals surface area contributed by atoms with Crippen LogP contribution in [0.25, 0.3) is 0 Å². The fourth-order valence-electron chi connectivity index (χ4n) is 4.18. The average Bonchev–Trinajstić information content (AvgIpc) is 2.90. The zero-order chi connectivity index (χ0) is 27.7. The number of nitrogens with zero attached hydrogens (tertiary/aromatic N) is 2. The second-order valence-corrected chi connectivity index (χ2v) is 10.9. The van der Waals surface area contributed by atoms with Crippen LogP contribution in [0.5, 0.6) is 5.75 Å². The standard InChI is InChI=1S/C29H35N3O5S/c1-5-37-26-17-15-25(16-18-26)32(38(4,35)36)21-28(33)31(20-24-14-10-9-11-22(24)2)27(29(34)30-3)19-23-12-7-6-8-13-23/h6-18,27H,5,19-21H2,1-4H3,(H,30,34). The number of aryl methyl sites for hydroxylation is 1. The van der Waals surface area contributed by atoms with E-state index in [9.17, 15) is 18.0 Å². The van der Waals surface area contributed by atoms with E-state index in [1.807, 2.05) is 68.4 Å². The molecular weight excluding hydrogens is 502 g/mol. The monoisotopic (exact) mass is 537 g/mol. The number of carbonyl (C=O) groups excluding carboxylic acids is 2. The number of sulfonamides is 1. The zero-order valence-electron chi connectivity index (χ0n) is 22.3. The Kier molecular flexibility index (Phi) is 9.90. The first-order chi connectivity index (χ1) is 18.1. The van der Waals surface area contributed by atoms with E-state index in [0.717, 1.165) is 27.3 Å². The van der Waals surface area contributed by atoms with E-state index in [2.05, 4.69) is 5.32 Å². The number of rotatable bonds is 12. The van der Waals surface area contributed by atoms with Gasteiger partial charge in [0.05, 0.1) is 18.6 Å². The molecule has 0 aromatic heterocycles. The van der Waals surface area contributed by atoms with Gasteiger partial charge in [-0.15, -0.1) is 0 Å². The van der Waals surface area contributed by atoms with Gasteiger partial charge in [-0.25, -0.2) is 8.42 Å². The number of hydrogen-bond acceptors (Lipinski definition) is 5. The molecule has 3 aromatic rings. The Labute approximate surface area is 225 Å². The summed E-state index contributed by atoms with van der Waals surface area (Å²) in [5.74, 6) is -0.223. The fraction of sp³-hybridized carbons (Fsp3) is 0.310. The van der Waals surface area contributed by atoms with Crippen molar-refractivity contribution < 1.29 is 22.7 Å². The van der Waals surface area contributed by atoms with Gasteiger partial charge in [-0.05, 0) is 54.8 Å². The van der Waals surface area contributed by atoms with Gasteiger partial charge in [0.15, 0.2) is 0 Å². The molecule has 0 saturated heterocycles. The Balaban J connectivity index is 2.01. The average molecular weight is 538 g/mol. The van der Waals surface area contributed by atoms with Crippen LogP contribution in [0, 0.1) is 6.92 Å². The van der Waals surface area contributed by atoms with Gasteiger partial charge in [0, 0.05) is 20.0 Å². The summed E-state index contributed by atoms with van der Waals surface area (Å²) in [6.45, 7) is 3.96. The zero-order valence-corrected chi connectivity index (χ0v) is 23.1. The molecule has 0 bridgehead atoms. The van der Waals surface area contributed by atoms with E-state index in [1.165, 1.54) is 11.9 Å². The molecule has 0 radical (unpaired) electrons. The molecule has 8 nitrogen and oxygen atoms in total. The topological polar surface area (TPSA) is 96.0 Å². The van der Waals surface area contributed by atoms with Gasteiger partial charge in [-0.3, -0.25) is 13.9 Å². The minimum absolute atomic E-state index is 0.150.